The minimum atomic E-state index is -0.00810. The average molecular weight is 187 g/mol. The molecule has 14 heavy (non-hydrogen) atoms. The minimum Gasteiger partial charge on any atom is -0.299 e. The molecule has 0 spiro atoms. The second-order valence-electron chi connectivity index (χ2n) is 4.75. The largest absolute Gasteiger partial charge is 0.299 e. The Morgan fingerprint density at radius 1 is 1.36 bits per heavy atom. The summed E-state index contributed by atoms with van der Waals surface area (Å²) in [6.45, 7) is 0. The van der Waals surface area contributed by atoms with Gasteiger partial charge in [0.25, 0.3) is 0 Å². The fourth-order valence-corrected chi connectivity index (χ4v) is 3.75. The predicted octanol–water partition coefficient (Wildman–Crippen LogP) is 2.07. The summed E-state index contributed by atoms with van der Waals surface area (Å²) in [5.74, 6) is 1.75. The first-order chi connectivity index (χ1) is 6.83. The summed E-state index contributed by atoms with van der Waals surface area (Å²) in [5, 5.41) is 8.98. The molecule has 0 aromatic carbocycles. The molecule has 0 aromatic rings. The van der Waals surface area contributed by atoms with E-state index in [-0.39, 0.29) is 11.8 Å². The Bertz CT molecular complexity index is 363. The summed E-state index contributed by atoms with van der Waals surface area (Å²) in [5.41, 5.74) is 0.764. The lowest BCUT2D eigenvalue weighted by atomic mass is 9.84. The van der Waals surface area contributed by atoms with Crippen molar-refractivity contribution in [3.63, 3.8) is 0 Å². The van der Waals surface area contributed by atoms with Crippen molar-refractivity contribution >= 4 is 5.78 Å². The van der Waals surface area contributed by atoms with Crippen LogP contribution in [-0.2, 0) is 4.79 Å². The molecule has 4 atom stereocenters. The molecule has 3 aliphatic carbocycles. The molecule has 2 heteroatoms. The smallest absolute Gasteiger partial charge is 0.145 e. The van der Waals surface area contributed by atoms with E-state index in [1.807, 2.05) is 6.08 Å². The van der Waals surface area contributed by atoms with E-state index in [4.69, 9.17) is 5.26 Å². The van der Waals surface area contributed by atoms with Crippen molar-refractivity contribution in [3.8, 4) is 6.07 Å². The SMILES string of the molecule is N#CC1=CC[C@H]2C(=O)[C@@H]1[C@H]1CCC[C@H]12. The molecule has 0 amide bonds. The van der Waals surface area contributed by atoms with Crippen molar-refractivity contribution in [3.05, 3.63) is 11.6 Å². The molecule has 0 unspecified atom stereocenters. The molecule has 72 valence electrons. The second-order valence-corrected chi connectivity index (χ2v) is 4.75. The number of nitrogens with zero attached hydrogens (tertiary/aromatic N) is 1. The van der Waals surface area contributed by atoms with E-state index in [0.717, 1.165) is 18.4 Å². The number of ketones is 1. The van der Waals surface area contributed by atoms with E-state index >= 15 is 0 Å². The summed E-state index contributed by atoms with van der Waals surface area (Å²) < 4.78 is 0. The third kappa shape index (κ3) is 0.829. The van der Waals surface area contributed by atoms with Crippen LogP contribution in [0.4, 0.5) is 0 Å². The minimum absolute atomic E-state index is 0.00810. The number of fused-ring (bicyclic) bond motifs is 5. The summed E-state index contributed by atoms with van der Waals surface area (Å²) in [4.78, 5) is 12.0. The van der Waals surface area contributed by atoms with Gasteiger partial charge in [-0.2, -0.15) is 5.26 Å². The standard InChI is InChI=1S/C12H13NO/c13-6-7-4-5-10-8-2-1-3-9(8)11(7)12(10)14/h4,8-11H,1-3,5H2/t8-,9+,10-,11+/m1/s1. The third-order valence-corrected chi connectivity index (χ3v) is 4.30. The van der Waals surface area contributed by atoms with Crippen molar-refractivity contribution < 1.29 is 4.79 Å². The number of hydrogen-bond donors (Lipinski definition) is 0. The summed E-state index contributed by atoms with van der Waals surface area (Å²) >= 11 is 0. The Hall–Kier alpha value is -1.10. The maximum atomic E-state index is 12.0. The molecule has 0 aromatic heterocycles. The van der Waals surface area contributed by atoms with Gasteiger partial charge in [0.05, 0.1) is 12.0 Å². The van der Waals surface area contributed by atoms with Gasteiger partial charge in [0.2, 0.25) is 0 Å². The highest BCUT2D eigenvalue weighted by atomic mass is 16.1. The van der Waals surface area contributed by atoms with Crippen LogP contribution in [0.2, 0.25) is 0 Å². The lowest BCUT2D eigenvalue weighted by Gasteiger charge is -2.17. The maximum absolute atomic E-state index is 12.0. The average Bonchev–Trinajstić information content (AvgIpc) is 2.70. The highest BCUT2D eigenvalue weighted by Gasteiger charge is 2.54. The maximum Gasteiger partial charge on any atom is 0.145 e. The van der Waals surface area contributed by atoms with Gasteiger partial charge in [0.15, 0.2) is 0 Å². The van der Waals surface area contributed by atoms with Gasteiger partial charge in [-0.15, -0.1) is 0 Å². The van der Waals surface area contributed by atoms with E-state index in [9.17, 15) is 4.79 Å². The van der Waals surface area contributed by atoms with Gasteiger partial charge in [0.1, 0.15) is 5.78 Å². The predicted molar refractivity (Wildman–Crippen MR) is 51.1 cm³/mol. The Morgan fingerprint density at radius 2 is 2.14 bits per heavy atom. The van der Waals surface area contributed by atoms with Gasteiger partial charge in [-0.05, 0) is 31.1 Å². The number of nitriles is 1. The van der Waals surface area contributed by atoms with Gasteiger partial charge >= 0.3 is 0 Å². The third-order valence-electron chi connectivity index (χ3n) is 4.30. The van der Waals surface area contributed by atoms with Gasteiger partial charge in [0, 0.05) is 11.5 Å². The highest BCUT2D eigenvalue weighted by Crippen LogP contribution is 2.54. The number of carbonyl (C=O) groups is 1. The van der Waals surface area contributed by atoms with Crippen molar-refractivity contribution in [2.24, 2.45) is 23.7 Å². The van der Waals surface area contributed by atoms with Crippen LogP contribution in [0, 0.1) is 35.0 Å². The first-order valence-electron chi connectivity index (χ1n) is 5.47. The molecule has 2 bridgehead atoms. The molecule has 2 nitrogen and oxygen atoms in total. The van der Waals surface area contributed by atoms with Crippen molar-refractivity contribution in [2.45, 2.75) is 25.7 Å². The van der Waals surface area contributed by atoms with Crippen molar-refractivity contribution in [1.29, 1.82) is 5.26 Å². The van der Waals surface area contributed by atoms with Gasteiger partial charge in [-0.25, -0.2) is 0 Å². The van der Waals surface area contributed by atoms with Gasteiger partial charge in [-0.3, -0.25) is 4.79 Å². The van der Waals surface area contributed by atoms with E-state index < -0.39 is 0 Å². The Labute approximate surface area is 83.6 Å². The molecule has 0 heterocycles. The Balaban J connectivity index is 2.05. The molecule has 2 fully saturated rings. The van der Waals surface area contributed by atoms with E-state index in [0.29, 0.717) is 17.6 Å². The number of rotatable bonds is 0. The van der Waals surface area contributed by atoms with E-state index in [1.54, 1.807) is 0 Å². The molecule has 3 aliphatic rings. The molecule has 0 saturated heterocycles. The molecule has 3 rings (SSSR count). The summed E-state index contributed by atoms with van der Waals surface area (Å²) in [6, 6.07) is 2.21. The molecular formula is C12H13NO. The van der Waals surface area contributed by atoms with Crippen LogP contribution >= 0.6 is 0 Å². The Morgan fingerprint density at radius 3 is 2.93 bits per heavy atom. The van der Waals surface area contributed by atoms with Crippen LogP contribution in [0.5, 0.6) is 0 Å². The van der Waals surface area contributed by atoms with Crippen LogP contribution in [0.1, 0.15) is 25.7 Å². The number of Topliss-reactive ketones (excluding diaryl/α,β-unsaturated/α-hetero) is 1. The summed E-state index contributed by atoms with van der Waals surface area (Å²) in [6.07, 6.45) is 6.48. The first-order valence-corrected chi connectivity index (χ1v) is 5.47. The molecular weight excluding hydrogens is 174 g/mol. The van der Waals surface area contributed by atoms with E-state index in [2.05, 4.69) is 6.07 Å². The van der Waals surface area contributed by atoms with Gasteiger partial charge < -0.3 is 0 Å². The van der Waals surface area contributed by atoms with Crippen LogP contribution < -0.4 is 0 Å². The monoisotopic (exact) mass is 187 g/mol. The number of carbonyl (C=O) groups excluding carboxylic acids is 1. The number of hydrogen-bond acceptors (Lipinski definition) is 2. The topological polar surface area (TPSA) is 40.9 Å². The first kappa shape index (κ1) is 8.23. The quantitative estimate of drug-likeness (QED) is 0.582. The van der Waals surface area contributed by atoms with Crippen LogP contribution in [0.15, 0.2) is 11.6 Å². The van der Waals surface area contributed by atoms with Crippen LogP contribution in [0.25, 0.3) is 0 Å². The van der Waals surface area contributed by atoms with E-state index in [1.165, 1.54) is 12.8 Å². The Kier molecular flexibility index (Phi) is 1.58. The van der Waals surface area contributed by atoms with Gasteiger partial charge in [-0.1, -0.05) is 12.5 Å². The fraction of sp³-hybridized carbons (Fsp3) is 0.667. The zero-order valence-corrected chi connectivity index (χ0v) is 8.07. The lowest BCUT2D eigenvalue weighted by molar-refractivity contribution is -0.124. The second kappa shape index (κ2) is 2.70. The molecule has 0 aliphatic heterocycles. The lowest BCUT2D eigenvalue weighted by Crippen LogP contribution is -2.22. The summed E-state index contributed by atoms with van der Waals surface area (Å²) in [7, 11) is 0. The molecule has 0 radical (unpaired) electrons. The fourth-order valence-electron chi connectivity index (χ4n) is 3.75. The van der Waals surface area contributed by atoms with Crippen LogP contribution in [-0.4, -0.2) is 5.78 Å². The van der Waals surface area contributed by atoms with Crippen molar-refractivity contribution in [2.75, 3.05) is 0 Å². The van der Waals surface area contributed by atoms with Crippen LogP contribution in [0.3, 0.4) is 0 Å². The zero-order valence-electron chi connectivity index (χ0n) is 8.07. The molecule has 0 N–H and O–H groups in total. The normalized spacial score (nSPS) is 44.5. The zero-order chi connectivity index (χ0) is 9.71. The highest BCUT2D eigenvalue weighted by molar-refractivity contribution is 5.91. The molecule has 2 saturated carbocycles. The number of allylic oxidation sites excluding steroid dienone is 2. The van der Waals surface area contributed by atoms with Crippen molar-refractivity contribution in [1.82, 2.24) is 0 Å².